The van der Waals surface area contributed by atoms with Gasteiger partial charge in [-0.3, -0.25) is 0 Å². The quantitative estimate of drug-likeness (QED) is 0.721. The van der Waals surface area contributed by atoms with Gasteiger partial charge in [0.1, 0.15) is 10.7 Å². The van der Waals surface area contributed by atoms with Crippen LogP contribution in [0.25, 0.3) is 0 Å². The van der Waals surface area contributed by atoms with Crippen molar-refractivity contribution in [1.29, 1.82) is 0 Å². The molecule has 0 saturated carbocycles. The Morgan fingerprint density at radius 1 is 1.47 bits per heavy atom. The van der Waals surface area contributed by atoms with E-state index in [2.05, 4.69) is 0 Å². The molecule has 0 heterocycles. The van der Waals surface area contributed by atoms with Crippen LogP contribution in [0.15, 0.2) is 23.1 Å². The Hall–Kier alpha value is -1.51. The lowest BCUT2D eigenvalue weighted by molar-refractivity contribution is -0.155. The number of aliphatic hydroxyl groups is 1. The fourth-order valence-corrected chi connectivity index (χ4v) is 2.40. The van der Waals surface area contributed by atoms with Crippen LogP contribution in [0, 0.1) is 12.7 Å². The number of carboxylic acids is 1. The predicted octanol–water partition coefficient (Wildman–Crippen LogP) is 0.248. The highest BCUT2D eigenvalue weighted by atomic mass is 32.2. The van der Waals surface area contributed by atoms with Crippen LogP contribution in [-0.2, 0) is 14.8 Å². The van der Waals surface area contributed by atoms with Crippen molar-refractivity contribution in [3.05, 3.63) is 29.6 Å². The van der Waals surface area contributed by atoms with Crippen molar-refractivity contribution in [2.45, 2.75) is 24.3 Å². The highest BCUT2D eigenvalue weighted by Crippen LogP contribution is 2.16. The molecule has 0 radical (unpaired) electrons. The number of halogens is 1. The summed E-state index contributed by atoms with van der Waals surface area (Å²) < 4.78 is 38.9. The number of rotatable bonds is 5. The second-order valence-electron chi connectivity index (χ2n) is 4.34. The largest absolute Gasteiger partial charge is 0.479 e. The molecule has 3 N–H and O–H groups in total. The smallest absolute Gasteiger partial charge is 0.336 e. The number of carboxylic acid groups (broad SMARTS) is 1. The molecular weight excluding hydrogens is 277 g/mol. The van der Waals surface area contributed by atoms with Crippen molar-refractivity contribution < 1.29 is 27.8 Å². The maximum Gasteiger partial charge on any atom is 0.336 e. The molecule has 106 valence electrons. The third-order valence-electron chi connectivity index (χ3n) is 2.44. The number of sulfonamides is 1. The number of aliphatic carboxylic acids is 1. The molecule has 0 saturated heterocycles. The van der Waals surface area contributed by atoms with Gasteiger partial charge >= 0.3 is 5.97 Å². The summed E-state index contributed by atoms with van der Waals surface area (Å²) in [4.78, 5) is 10.0. The molecule has 0 aliphatic heterocycles. The van der Waals surface area contributed by atoms with E-state index in [1.165, 1.54) is 6.07 Å². The number of benzene rings is 1. The summed E-state index contributed by atoms with van der Waals surface area (Å²) in [7, 11) is -4.22. The van der Waals surface area contributed by atoms with Gasteiger partial charge in [-0.25, -0.2) is 22.3 Å². The molecule has 8 heteroatoms. The summed E-state index contributed by atoms with van der Waals surface area (Å²) in [6, 6.07) is 3.53. The molecule has 1 aromatic rings. The van der Waals surface area contributed by atoms with Crippen LogP contribution < -0.4 is 4.72 Å². The number of hydrogen-bond acceptors (Lipinski definition) is 4. The Morgan fingerprint density at radius 3 is 2.53 bits per heavy atom. The summed E-state index contributed by atoms with van der Waals surface area (Å²) in [6.07, 6.45) is 0. The normalized spacial score (nSPS) is 14.9. The SMILES string of the molecule is Cc1ccc(S(=O)(=O)NCC(C)(O)C(=O)O)c(F)c1. The monoisotopic (exact) mass is 291 g/mol. The van der Waals surface area contributed by atoms with Crippen molar-refractivity contribution >= 4 is 16.0 Å². The lowest BCUT2D eigenvalue weighted by Gasteiger charge is -2.18. The van der Waals surface area contributed by atoms with Crippen molar-refractivity contribution in [2.24, 2.45) is 0 Å². The number of carbonyl (C=O) groups is 1. The van der Waals surface area contributed by atoms with Crippen molar-refractivity contribution in [1.82, 2.24) is 4.72 Å². The molecule has 0 aliphatic rings. The van der Waals surface area contributed by atoms with Crippen LogP contribution in [0.2, 0.25) is 0 Å². The molecule has 0 amide bonds. The molecule has 0 fully saturated rings. The van der Waals surface area contributed by atoms with E-state index in [4.69, 9.17) is 5.11 Å². The van der Waals surface area contributed by atoms with Crippen LogP contribution in [0.4, 0.5) is 4.39 Å². The second-order valence-corrected chi connectivity index (χ2v) is 6.07. The van der Waals surface area contributed by atoms with Crippen LogP contribution in [-0.4, -0.2) is 36.7 Å². The average molecular weight is 291 g/mol. The average Bonchev–Trinajstić information content (AvgIpc) is 2.26. The molecule has 1 aromatic carbocycles. The van der Waals surface area contributed by atoms with Gasteiger partial charge in [-0.1, -0.05) is 6.07 Å². The molecule has 0 aliphatic carbocycles. The van der Waals surface area contributed by atoms with E-state index in [1.807, 2.05) is 4.72 Å². The summed E-state index contributed by atoms with van der Waals surface area (Å²) in [5, 5.41) is 18.0. The van der Waals surface area contributed by atoms with E-state index in [9.17, 15) is 22.7 Å². The molecule has 0 spiro atoms. The van der Waals surface area contributed by atoms with Gasteiger partial charge in [-0.05, 0) is 31.5 Å². The zero-order valence-corrected chi connectivity index (χ0v) is 11.2. The molecule has 0 bridgehead atoms. The van der Waals surface area contributed by atoms with E-state index in [0.717, 1.165) is 19.1 Å². The first-order chi connectivity index (χ1) is 8.56. The van der Waals surface area contributed by atoms with Gasteiger partial charge in [0.2, 0.25) is 10.0 Å². The Kier molecular flexibility index (Phi) is 4.28. The molecule has 0 aromatic heterocycles. The first-order valence-corrected chi connectivity index (χ1v) is 6.76. The maximum atomic E-state index is 13.5. The first kappa shape index (κ1) is 15.5. The lowest BCUT2D eigenvalue weighted by Crippen LogP contribution is -2.46. The summed E-state index contributed by atoms with van der Waals surface area (Å²) >= 11 is 0. The Bertz CT molecular complexity index is 597. The summed E-state index contributed by atoms with van der Waals surface area (Å²) in [6.45, 7) is 1.77. The maximum absolute atomic E-state index is 13.5. The van der Waals surface area contributed by atoms with Crippen LogP contribution in [0.3, 0.4) is 0 Å². The van der Waals surface area contributed by atoms with Gasteiger partial charge in [-0.2, -0.15) is 0 Å². The van der Waals surface area contributed by atoms with E-state index in [1.54, 1.807) is 6.92 Å². The van der Waals surface area contributed by atoms with Gasteiger partial charge in [0, 0.05) is 0 Å². The first-order valence-electron chi connectivity index (χ1n) is 5.28. The van der Waals surface area contributed by atoms with Crippen LogP contribution in [0.5, 0.6) is 0 Å². The van der Waals surface area contributed by atoms with E-state index < -0.39 is 38.9 Å². The van der Waals surface area contributed by atoms with Crippen molar-refractivity contribution in [2.75, 3.05) is 6.54 Å². The zero-order valence-electron chi connectivity index (χ0n) is 10.3. The third kappa shape index (κ3) is 3.72. The topological polar surface area (TPSA) is 104 Å². The minimum absolute atomic E-state index is 0.550. The van der Waals surface area contributed by atoms with Crippen molar-refractivity contribution in [3.63, 3.8) is 0 Å². The molecule has 1 rings (SSSR count). The number of nitrogens with one attached hydrogen (secondary N) is 1. The lowest BCUT2D eigenvalue weighted by atomic mass is 10.1. The number of hydrogen-bond donors (Lipinski definition) is 3. The van der Waals surface area contributed by atoms with Gasteiger partial charge in [0.25, 0.3) is 0 Å². The van der Waals surface area contributed by atoms with Crippen LogP contribution >= 0.6 is 0 Å². The highest BCUT2D eigenvalue weighted by Gasteiger charge is 2.32. The fourth-order valence-electron chi connectivity index (χ4n) is 1.21. The van der Waals surface area contributed by atoms with E-state index >= 15 is 0 Å². The Morgan fingerprint density at radius 2 is 2.05 bits per heavy atom. The van der Waals surface area contributed by atoms with Gasteiger partial charge < -0.3 is 10.2 Å². The van der Waals surface area contributed by atoms with E-state index in [-0.39, 0.29) is 0 Å². The Labute approximate surface area is 109 Å². The minimum atomic E-state index is -4.22. The zero-order chi connectivity index (χ0) is 14.8. The van der Waals surface area contributed by atoms with Gasteiger partial charge in [0.05, 0.1) is 6.54 Å². The fraction of sp³-hybridized carbons (Fsp3) is 0.364. The number of aryl methyl sites for hydroxylation is 1. The van der Waals surface area contributed by atoms with Crippen LogP contribution in [0.1, 0.15) is 12.5 Å². The third-order valence-corrected chi connectivity index (χ3v) is 3.88. The molecule has 6 nitrogen and oxygen atoms in total. The van der Waals surface area contributed by atoms with Crippen molar-refractivity contribution in [3.8, 4) is 0 Å². The van der Waals surface area contributed by atoms with Gasteiger partial charge in [-0.15, -0.1) is 0 Å². The minimum Gasteiger partial charge on any atom is -0.479 e. The molecule has 19 heavy (non-hydrogen) atoms. The standard InChI is InChI=1S/C11H14FNO5S/c1-7-3-4-9(8(12)5-7)19(17,18)13-6-11(2,16)10(14)15/h3-5,13,16H,6H2,1-2H3,(H,14,15). The summed E-state index contributed by atoms with van der Waals surface area (Å²) in [5.74, 6) is -2.53. The summed E-state index contributed by atoms with van der Waals surface area (Å²) in [5.41, 5.74) is -1.72. The highest BCUT2D eigenvalue weighted by molar-refractivity contribution is 7.89. The predicted molar refractivity (Wildman–Crippen MR) is 64.6 cm³/mol. The Balaban J connectivity index is 2.97. The molecule has 1 unspecified atom stereocenters. The molecule has 1 atom stereocenters. The van der Waals surface area contributed by atoms with Gasteiger partial charge in [0.15, 0.2) is 5.60 Å². The molecular formula is C11H14FNO5S. The van der Waals surface area contributed by atoms with E-state index in [0.29, 0.717) is 5.56 Å². The second kappa shape index (κ2) is 5.24.